The Morgan fingerprint density at radius 1 is 1.45 bits per heavy atom. The minimum Gasteiger partial charge on any atom is -0.298 e. The molecule has 0 spiro atoms. The highest BCUT2D eigenvalue weighted by atomic mass is 16.1. The molecule has 0 saturated heterocycles. The molecule has 0 unspecified atom stereocenters. The second-order valence-electron chi connectivity index (χ2n) is 2.99. The topological polar surface area (TPSA) is 17.1 Å². The Morgan fingerprint density at radius 3 is 2.45 bits per heavy atom. The molecule has 64 valence electrons. The highest BCUT2D eigenvalue weighted by Crippen LogP contribution is 2.09. The van der Waals surface area contributed by atoms with Gasteiger partial charge in [-0.1, -0.05) is 39.7 Å². The van der Waals surface area contributed by atoms with E-state index in [1.54, 1.807) is 0 Å². The molecule has 1 nitrogen and oxygen atoms in total. The van der Waals surface area contributed by atoms with Crippen molar-refractivity contribution in [3.05, 3.63) is 11.6 Å². The van der Waals surface area contributed by atoms with E-state index < -0.39 is 0 Å². The van der Waals surface area contributed by atoms with Crippen molar-refractivity contribution >= 4 is 6.29 Å². The fraction of sp³-hybridized carbons (Fsp3) is 0.700. The van der Waals surface area contributed by atoms with Crippen LogP contribution in [0.3, 0.4) is 0 Å². The molecule has 0 aliphatic heterocycles. The zero-order valence-electron chi connectivity index (χ0n) is 7.76. The summed E-state index contributed by atoms with van der Waals surface area (Å²) in [6, 6.07) is 0. The van der Waals surface area contributed by atoms with Crippen molar-refractivity contribution in [1.82, 2.24) is 0 Å². The van der Waals surface area contributed by atoms with Gasteiger partial charge in [0.25, 0.3) is 0 Å². The Balaban J connectivity index is 3.98. The Hall–Kier alpha value is -0.590. The van der Waals surface area contributed by atoms with Crippen LogP contribution in [0.15, 0.2) is 11.6 Å². The minimum absolute atomic E-state index is 0.543. The van der Waals surface area contributed by atoms with E-state index >= 15 is 0 Å². The average Bonchev–Trinajstić information content (AvgIpc) is 2.03. The Kier molecular flexibility index (Phi) is 5.81. The summed E-state index contributed by atoms with van der Waals surface area (Å²) in [4.78, 5) is 10.5. The first kappa shape index (κ1) is 10.4. The largest absolute Gasteiger partial charge is 0.298 e. The van der Waals surface area contributed by atoms with Crippen LogP contribution in [0, 0.1) is 5.92 Å². The van der Waals surface area contributed by atoms with Crippen LogP contribution >= 0.6 is 0 Å². The molecule has 0 heterocycles. The standard InChI is InChI=1S/C10H18O/c1-4-6-10(8-11)7-9(3)5-2/h7-9H,4-6H2,1-3H3/b10-7-/t9-/m0/s1. The predicted octanol–water partition coefficient (Wildman–Crippen LogP) is 2.96. The van der Waals surface area contributed by atoms with E-state index in [1.807, 2.05) is 0 Å². The molecule has 0 aliphatic rings. The van der Waals surface area contributed by atoms with Crippen molar-refractivity contribution in [2.24, 2.45) is 5.92 Å². The number of hydrogen-bond acceptors (Lipinski definition) is 1. The maximum absolute atomic E-state index is 10.5. The van der Waals surface area contributed by atoms with Crippen molar-refractivity contribution in [3.63, 3.8) is 0 Å². The lowest BCUT2D eigenvalue weighted by Crippen LogP contribution is -1.91. The van der Waals surface area contributed by atoms with E-state index in [1.165, 1.54) is 0 Å². The van der Waals surface area contributed by atoms with E-state index in [-0.39, 0.29) is 0 Å². The summed E-state index contributed by atoms with van der Waals surface area (Å²) < 4.78 is 0. The van der Waals surface area contributed by atoms with Gasteiger partial charge in [0, 0.05) is 0 Å². The van der Waals surface area contributed by atoms with Gasteiger partial charge in [0.1, 0.15) is 6.29 Å². The average molecular weight is 154 g/mol. The normalized spacial score (nSPS) is 14.6. The Morgan fingerprint density at radius 2 is 2.09 bits per heavy atom. The smallest absolute Gasteiger partial charge is 0.145 e. The first-order valence-corrected chi connectivity index (χ1v) is 4.40. The molecule has 0 amide bonds. The summed E-state index contributed by atoms with van der Waals surface area (Å²) in [5, 5.41) is 0. The highest BCUT2D eigenvalue weighted by Gasteiger charge is 1.97. The maximum Gasteiger partial charge on any atom is 0.145 e. The van der Waals surface area contributed by atoms with E-state index in [2.05, 4.69) is 26.8 Å². The molecular formula is C10H18O. The molecule has 0 N–H and O–H groups in total. The van der Waals surface area contributed by atoms with Gasteiger partial charge in [-0.15, -0.1) is 0 Å². The summed E-state index contributed by atoms with van der Waals surface area (Å²) in [5.74, 6) is 0.543. The van der Waals surface area contributed by atoms with Crippen LogP contribution in [-0.2, 0) is 4.79 Å². The molecule has 0 bridgehead atoms. The maximum atomic E-state index is 10.5. The Labute approximate surface area is 69.5 Å². The molecule has 0 aromatic heterocycles. The lowest BCUT2D eigenvalue weighted by atomic mass is 10.0. The van der Waals surface area contributed by atoms with Crippen LogP contribution in [0.5, 0.6) is 0 Å². The molecule has 0 fully saturated rings. The van der Waals surface area contributed by atoms with Gasteiger partial charge in [-0.25, -0.2) is 0 Å². The lowest BCUT2D eigenvalue weighted by Gasteiger charge is -2.02. The van der Waals surface area contributed by atoms with E-state index in [0.717, 1.165) is 31.1 Å². The Bertz CT molecular complexity index is 136. The third-order valence-electron chi connectivity index (χ3n) is 1.83. The number of rotatable bonds is 5. The molecule has 0 saturated carbocycles. The fourth-order valence-corrected chi connectivity index (χ4v) is 0.954. The van der Waals surface area contributed by atoms with Crippen LogP contribution in [-0.4, -0.2) is 6.29 Å². The van der Waals surface area contributed by atoms with Crippen molar-refractivity contribution in [2.45, 2.75) is 40.0 Å². The van der Waals surface area contributed by atoms with Gasteiger partial charge in [0.05, 0.1) is 0 Å². The summed E-state index contributed by atoms with van der Waals surface area (Å²) >= 11 is 0. The van der Waals surface area contributed by atoms with Gasteiger partial charge in [-0.3, -0.25) is 4.79 Å². The molecule has 0 aromatic carbocycles. The number of carbonyl (C=O) groups is 1. The molecule has 0 aliphatic carbocycles. The van der Waals surface area contributed by atoms with Crippen LogP contribution in [0.1, 0.15) is 40.0 Å². The SMILES string of the molecule is CCC/C(C=O)=C/[C@@H](C)CC. The van der Waals surface area contributed by atoms with Gasteiger partial charge in [-0.2, -0.15) is 0 Å². The monoisotopic (exact) mass is 154 g/mol. The molecule has 0 aromatic rings. The molecule has 0 radical (unpaired) electrons. The zero-order chi connectivity index (χ0) is 8.69. The van der Waals surface area contributed by atoms with E-state index in [9.17, 15) is 4.79 Å². The second kappa shape index (κ2) is 6.14. The quantitative estimate of drug-likeness (QED) is 0.439. The van der Waals surface area contributed by atoms with Gasteiger partial charge in [-0.05, 0) is 17.9 Å². The molecule has 1 atom stereocenters. The van der Waals surface area contributed by atoms with Crippen molar-refractivity contribution in [3.8, 4) is 0 Å². The van der Waals surface area contributed by atoms with Crippen LogP contribution in [0.25, 0.3) is 0 Å². The molecular weight excluding hydrogens is 136 g/mol. The minimum atomic E-state index is 0.543. The van der Waals surface area contributed by atoms with E-state index in [0.29, 0.717) is 5.92 Å². The first-order chi connectivity index (χ1) is 5.24. The van der Waals surface area contributed by atoms with Crippen LogP contribution in [0.4, 0.5) is 0 Å². The predicted molar refractivity (Wildman–Crippen MR) is 48.5 cm³/mol. The molecule has 0 rings (SSSR count). The van der Waals surface area contributed by atoms with Gasteiger partial charge in [0.15, 0.2) is 0 Å². The van der Waals surface area contributed by atoms with Crippen molar-refractivity contribution in [2.75, 3.05) is 0 Å². The zero-order valence-corrected chi connectivity index (χ0v) is 7.76. The van der Waals surface area contributed by atoms with Crippen molar-refractivity contribution < 1.29 is 4.79 Å². The summed E-state index contributed by atoms with van der Waals surface area (Å²) in [5.41, 5.74) is 0.960. The first-order valence-electron chi connectivity index (χ1n) is 4.40. The van der Waals surface area contributed by atoms with Gasteiger partial charge in [0.2, 0.25) is 0 Å². The third kappa shape index (κ3) is 4.77. The van der Waals surface area contributed by atoms with Gasteiger partial charge >= 0.3 is 0 Å². The van der Waals surface area contributed by atoms with Crippen molar-refractivity contribution in [1.29, 1.82) is 0 Å². The van der Waals surface area contributed by atoms with Gasteiger partial charge < -0.3 is 0 Å². The number of carbonyl (C=O) groups excluding carboxylic acids is 1. The fourth-order valence-electron chi connectivity index (χ4n) is 0.954. The molecule has 11 heavy (non-hydrogen) atoms. The van der Waals surface area contributed by atoms with Crippen LogP contribution < -0.4 is 0 Å². The second-order valence-corrected chi connectivity index (χ2v) is 2.99. The molecule has 1 heteroatoms. The van der Waals surface area contributed by atoms with Crippen LogP contribution in [0.2, 0.25) is 0 Å². The summed E-state index contributed by atoms with van der Waals surface area (Å²) in [7, 11) is 0. The number of hydrogen-bond donors (Lipinski definition) is 0. The number of allylic oxidation sites excluding steroid dienone is 2. The number of aldehydes is 1. The lowest BCUT2D eigenvalue weighted by molar-refractivity contribution is -0.105. The highest BCUT2D eigenvalue weighted by molar-refractivity contribution is 5.72. The summed E-state index contributed by atoms with van der Waals surface area (Å²) in [6.45, 7) is 6.36. The van der Waals surface area contributed by atoms with E-state index in [4.69, 9.17) is 0 Å². The summed E-state index contributed by atoms with van der Waals surface area (Å²) in [6.07, 6.45) is 6.15. The third-order valence-corrected chi connectivity index (χ3v) is 1.83.